The third-order valence-electron chi connectivity index (χ3n) is 11.4. The molecule has 0 saturated heterocycles. The molecule has 1 atom stereocenters. The Kier molecular flexibility index (Phi) is 51.9. The predicted octanol–water partition coefficient (Wildman–Crippen LogP) is 18.5. The minimum Gasteiger partial charge on any atom is -0.462 e. The van der Waals surface area contributed by atoms with Crippen LogP contribution in [0.5, 0.6) is 0 Å². The second kappa shape index (κ2) is 54.4. The summed E-state index contributed by atoms with van der Waals surface area (Å²) in [5, 5.41) is 0. The smallest absolute Gasteiger partial charge is 0.306 e. The van der Waals surface area contributed by atoms with Gasteiger partial charge in [0.25, 0.3) is 0 Å². The summed E-state index contributed by atoms with van der Waals surface area (Å²) >= 11 is 0. The zero-order chi connectivity index (χ0) is 46.3. The third-order valence-corrected chi connectivity index (χ3v) is 11.4. The van der Waals surface area contributed by atoms with E-state index in [1.807, 2.05) is 0 Å². The highest BCUT2D eigenvalue weighted by Gasteiger charge is 2.17. The lowest BCUT2D eigenvalue weighted by Crippen LogP contribution is -2.30. The second-order valence-electron chi connectivity index (χ2n) is 17.7. The summed E-state index contributed by atoms with van der Waals surface area (Å²) in [6.45, 7) is 7.61. The summed E-state index contributed by atoms with van der Waals surface area (Å²) in [7, 11) is 0. The van der Waals surface area contributed by atoms with Gasteiger partial charge in [-0.15, -0.1) is 0 Å². The summed E-state index contributed by atoms with van der Waals surface area (Å²) < 4.78 is 17.4. The number of allylic oxidation sites excluding steroid dienone is 14. The summed E-state index contributed by atoms with van der Waals surface area (Å²) in [5.41, 5.74) is 0. The van der Waals surface area contributed by atoms with Crippen LogP contribution in [0.2, 0.25) is 0 Å². The van der Waals surface area contributed by atoms with E-state index in [0.717, 1.165) is 103 Å². The Labute approximate surface area is 397 Å². The van der Waals surface area contributed by atoms with Crippen molar-refractivity contribution in [2.75, 3.05) is 19.8 Å². The minimum atomic E-state index is -0.564. The minimum absolute atomic E-state index is 0.0620. The molecule has 0 aromatic rings. The predicted molar refractivity (Wildman–Crippen MR) is 279 cm³/mol. The Morgan fingerprint density at radius 1 is 0.359 bits per heavy atom. The molecule has 5 heteroatoms. The SMILES string of the molecule is CC/C=C\C/C=C\C/C=C\C/C=C\CCCCCOCC(COC(=O)CCCCCCCCC/C=C\C/C=C\CCCCC)OC(=O)CCCCCCC/C=C\CCCCCCCC. The van der Waals surface area contributed by atoms with Gasteiger partial charge in [0.05, 0.1) is 6.61 Å². The van der Waals surface area contributed by atoms with Gasteiger partial charge in [-0.05, 0) is 116 Å². The van der Waals surface area contributed by atoms with E-state index < -0.39 is 6.10 Å². The number of rotatable bonds is 49. The maximum absolute atomic E-state index is 12.8. The molecule has 0 aromatic carbocycles. The molecule has 0 amide bonds. The quantitative estimate of drug-likeness (QED) is 0.0346. The first kappa shape index (κ1) is 61.1. The monoisotopic (exact) mass is 891 g/mol. The Morgan fingerprint density at radius 3 is 1.17 bits per heavy atom. The lowest BCUT2D eigenvalue weighted by molar-refractivity contribution is -0.163. The van der Waals surface area contributed by atoms with Crippen molar-refractivity contribution >= 4 is 11.9 Å². The van der Waals surface area contributed by atoms with Gasteiger partial charge in [0, 0.05) is 19.4 Å². The lowest BCUT2D eigenvalue weighted by atomic mass is 10.1. The molecule has 0 fully saturated rings. The van der Waals surface area contributed by atoms with Crippen molar-refractivity contribution in [1.29, 1.82) is 0 Å². The van der Waals surface area contributed by atoms with Crippen molar-refractivity contribution in [3.63, 3.8) is 0 Å². The number of carbonyl (C=O) groups excluding carboxylic acids is 2. The molecule has 64 heavy (non-hydrogen) atoms. The van der Waals surface area contributed by atoms with E-state index in [4.69, 9.17) is 14.2 Å². The van der Waals surface area contributed by atoms with Crippen molar-refractivity contribution in [3.8, 4) is 0 Å². The average molecular weight is 891 g/mol. The van der Waals surface area contributed by atoms with E-state index >= 15 is 0 Å². The van der Waals surface area contributed by atoms with Crippen LogP contribution in [-0.2, 0) is 23.8 Å². The number of hydrogen-bond acceptors (Lipinski definition) is 5. The Morgan fingerprint density at radius 2 is 0.703 bits per heavy atom. The lowest BCUT2D eigenvalue weighted by Gasteiger charge is -2.18. The van der Waals surface area contributed by atoms with E-state index in [2.05, 4.69) is 106 Å². The van der Waals surface area contributed by atoms with Gasteiger partial charge in [0.1, 0.15) is 6.61 Å². The van der Waals surface area contributed by atoms with E-state index in [-0.39, 0.29) is 25.2 Å². The number of ether oxygens (including phenoxy) is 3. The molecule has 0 spiro atoms. The van der Waals surface area contributed by atoms with Gasteiger partial charge in [-0.3, -0.25) is 9.59 Å². The molecule has 1 unspecified atom stereocenters. The molecule has 0 saturated carbocycles. The second-order valence-corrected chi connectivity index (χ2v) is 17.7. The molecule has 368 valence electrons. The maximum atomic E-state index is 12.8. The van der Waals surface area contributed by atoms with Crippen LogP contribution in [0.1, 0.15) is 252 Å². The summed E-state index contributed by atoms with van der Waals surface area (Å²) in [6.07, 6.45) is 71.6. The third kappa shape index (κ3) is 51.7. The Balaban J connectivity index is 4.36. The van der Waals surface area contributed by atoms with Crippen molar-refractivity contribution in [2.24, 2.45) is 0 Å². The van der Waals surface area contributed by atoms with Crippen LogP contribution < -0.4 is 0 Å². The number of unbranched alkanes of at least 4 members (excludes halogenated alkanes) is 24. The van der Waals surface area contributed by atoms with E-state index in [0.29, 0.717) is 19.4 Å². The standard InChI is InChI=1S/C59H102O5/c1-4-7-10-13-16-19-22-25-28-30-32-34-37-40-43-46-49-52-58(60)63-56-57(55-62-54-51-48-45-42-39-36-33-29-26-23-20-17-14-11-8-5-2)64-59(61)53-50-47-44-41-38-35-31-27-24-21-18-15-12-9-6-3/h8,11,16-17,19-20,25-29,31,36,39,57H,4-7,9-10,12-15,18,21-24,30,32-35,37-38,40-56H2,1-3H3/b11-8-,19-16-,20-17-,28-25-,29-26-,31-27-,39-36-. The molecule has 5 nitrogen and oxygen atoms in total. The van der Waals surface area contributed by atoms with Crippen molar-refractivity contribution in [2.45, 2.75) is 258 Å². The van der Waals surface area contributed by atoms with Gasteiger partial charge in [-0.2, -0.15) is 0 Å². The van der Waals surface area contributed by atoms with Crippen molar-refractivity contribution < 1.29 is 23.8 Å². The van der Waals surface area contributed by atoms with Crippen LogP contribution in [0.4, 0.5) is 0 Å². The first-order valence-corrected chi connectivity index (χ1v) is 27.1. The van der Waals surface area contributed by atoms with E-state index in [1.54, 1.807) is 0 Å². The average Bonchev–Trinajstić information content (AvgIpc) is 3.30. The molecule has 0 aromatic heterocycles. The highest BCUT2D eigenvalue weighted by atomic mass is 16.6. The van der Waals surface area contributed by atoms with Gasteiger partial charge in [-0.1, -0.05) is 209 Å². The van der Waals surface area contributed by atoms with Crippen LogP contribution in [-0.4, -0.2) is 37.9 Å². The molecular formula is C59H102O5. The summed E-state index contributed by atoms with van der Waals surface area (Å²) in [5.74, 6) is -0.432. The van der Waals surface area contributed by atoms with E-state index in [9.17, 15) is 9.59 Å². The molecule has 0 rings (SSSR count). The number of esters is 2. The molecule has 0 radical (unpaired) electrons. The molecule has 0 aliphatic carbocycles. The fourth-order valence-electron chi connectivity index (χ4n) is 7.35. The van der Waals surface area contributed by atoms with Crippen LogP contribution in [0.15, 0.2) is 85.1 Å². The molecule has 0 heterocycles. The zero-order valence-electron chi connectivity index (χ0n) is 42.3. The topological polar surface area (TPSA) is 61.8 Å². The normalized spacial score (nSPS) is 12.9. The highest BCUT2D eigenvalue weighted by molar-refractivity contribution is 5.70. The summed E-state index contributed by atoms with van der Waals surface area (Å²) in [6, 6.07) is 0. The molecule has 0 aliphatic heterocycles. The van der Waals surface area contributed by atoms with Crippen LogP contribution in [0.3, 0.4) is 0 Å². The van der Waals surface area contributed by atoms with Crippen LogP contribution in [0, 0.1) is 0 Å². The molecule has 0 aliphatic rings. The fourth-order valence-corrected chi connectivity index (χ4v) is 7.35. The van der Waals surface area contributed by atoms with E-state index in [1.165, 1.54) is 116 Å². The molecular weight excluding hydrogens is 789 g/mol. The van der Waals surface area contributed by atoms with Gasteiger partial charge >= 0.3 is 11.9 Å². The molecule has 0 bridgehead atoms. The van der Waals surface area contributed by atoms with Crippen LogP contribution >= 0.6 is 0 Å². The zero-order valence-corrected chi connectivity index (χ0v) is 42.3. The van der Waals surface area contributed by atoms with Gasteiger partial charge in [0.15, 0.2) is 6.10 Å². The first-order chi connectivity index (χ1) is 31.6. The van der Waals surface area contributed by atoms with Crippen LogP contribution in [0.25, 0.3) is 0 Å². The van der Waals surface area contributed by atoms with Gasteiger partial charge in [-0.25, -0.2) is 0 Å². The Bertz CT molecular complexity index is 1190. The van der Waals surface area contributed by atoms with Crippen molar-refractivity contribution in [1.82, 2.24) is 0 Å². The summed E-state index contributed by atoms with van der Waals surface area (Å²) in [4.78, 5) is 25.5. The highest BCUT2D eigenvalue weighted by Crippen LogP contribution is 2.14. The fraction of sp³-hybridized carbons (Fsp3) is 0.729. The largest absolute Gasteiger partial charge is 0.462 e. The Hall–Kier alpha value is -2.92. The molecule has 0 N–H and O–H groups in total. The number of carbonyl (C=O) groups is 2. The first-order valence-electron chi connectivity index (χ1n) is 27.1. The van der Waals surface area contributed by atoms with Gasteiger partial charge < -0.3 is 14.2 Å². The number of hydrogen-bond donors (Lipinski definition) is 0. The van der Waals surface area contributed by atoms with Crippen molar-refractivity contribution in [3.05, 3.63) is 85.1 Å². The van der Waals surface area contributed by atoms with Gasteiger partial charge in [0.2, 0.25) is 0 Å². The maximum Gasteiger partial charge on any atom is 0.306 e.